The maximum absolute atomic E-state index is 11.7. The maximum atomic E-state index is 11.7. The van der Waals surface area contributed by atoms with Crippen molar-refractivity contribution in [1.82, 2.24) is 5.32 Å². The zero-order valence-electron chi connectivity index (χ0n) is 13.0. The summed E-state index contributed by atoms with van der Waals surface area (Å²) in [6, 6.07) is 13.6. The Balaban J connectivity index is 1.71. The summed E-state index contributed by atoms with van der Waals surface area (Å²) in [5, 5.41) is 5.41. The number of anilines is 1. The minimum absolute atomic E-state index is 0.202. The molecule has 24 heavy (non-hydrogen) atoms. The van der Waals surface area contributed by atoms with Crippen molar-refractivity contribution in [3.05, 3.63) is 53.6 Å². The van der Waals surface area contributed by atoms with Gasteiger partial charge >= 0.3 is 11.8 Å². The normalized spacial score (nSPS) is 9.92. The van der Waals surface area contributed by atoms with Crippen molar-refractivity contribution in [2.45, 2.75) is 0 Å². The van der Waals surface area contributed by atoms with Crippen LogP contribution < -0.4 is 20.1 Å². The van der Waals surface area contributed by atoms with Crippen LogP contribution in [0.4, 0.5) is 5.69 Å². The lowest BCUT2D eigenvalue weighted by molar-refractivity contribution is -0.136. The van der Waals surface area contributed by atoms with Crippen LogP contribution in [0.1, 0.15) is 0 Å². The second kappa shape index (κ2) is 8.79. The lowest BCUT2D eigenvalue weighted by Gasteiger charge is -2.09. The number of amides is 2. The van der Waals surface area contributed by atoms with Gasteiger partial charge in [-0.1, -0.05) is 17.7 Å². The third-order valence-electron chi connectivity index (χ3n) is 3.00. The zero-order valence-corrected chi connectivity index (χ0v) is 13.8. The second-order valence-corrected chi connectivity index (χ2v) is 5.18. The van der Waals surface area contributed by atoms with E-state index in [1.165, 1.54) is 0 Å². The van der Waals surface area contributed by atoms with E-state index in [4.69, 9.17) is 21.1 Å². The van der Waals surface area contributed by atoms with Gasteiger partial charge in [0.2, 0.25) is 0 Å². The molecular formula is C17H17ClN2O4. The molecule has 0 radical (unpaired) electrons. The van der Waals surface area contributed by atoms with Crippen molar-refractivity contribution in [1.29, 1.82) is 0 Å². The molecule has 2 N–H and O–H groups in total. The monoisotopic (exact) mass is 348 g/mol. The van der Waals surface area contributed by atoms with E-state index in [2.05, 4.69) is 10.6 Å². The van der Waals surface area contributed by atoms with Crippen LogP contribution in [0.5, 0.6) is 11.5 Å². The van der Waals surface area contributed by atoms with Gasteiger partial charge in [0.1, 0.15) is 18.1 Å². The quantitative estimate of drug-likeness (QED) is 0.621. The molecule has 0 bridgehead atoms. The molecule has 0 saturated heterocycles. The largest absolute Gasteiger partial charge is 0.497 e. The van der Waals surface area contributed by atoms with E-state index in [0.29, 0.717) is 16.5 Å². The number of ether oxygens (including phenoxy) is 2. The van der Waals surface area contributed by atoms with E-state index in [1.807, 2.05) is 0 Å². The summed E-state index contributed by atoms with van der Waals surface area (Å²) >= 11 is 5.81. The van der Waals surface area contributed by atoms with E-state index in [9.17, 15) is 9.59 Å². The molecule has 0 fully saturated rings. The van der Waals surface area contributed by atoms with Gasteiger partial charge in [-0.25, -0.2) is 0 Å². The van der Waals surface area contributed by atoms with Gasteiger partial charge in [0.15, 0.2) is 0 Å². The summed E-state index contributed by atoms with van der Waals surface area (Å²) in [5.74, 6) is -0.128. The molecule has 0 aliphatic heterocycles. The Labute approximate surface area is 144 Å². The van der Waals surface area contributed by atoms with Gasteiger partial charge in [0.25, 0.3) is 0 Å². The minimum atomic E-state index is -0.762. The van der Waals surface area contributed by atoms with Crippen LogP contribution in [0.2, 0.25) is 5.02 Å². The Morgan fingerprint density at radius 3 is 2.42 bits per heavy atom. The van der Waals surface area contributed by atoms with E-state index < -0.39 is 11.8 Å². The van der Waals surface area contributed by atoms with Gasteiger partial charge in [-0.2, -0.15) is 0 Å². The number of rotatable bonds is 6. The summed E-state index contributed by atoms with van der Waals surface area (Å²) in [5.41, 5.74) is 0.456. The predicted molar refractivity (Wildman–Crippen MR) is 91.6 cm³/mol. The second-order valence-electron chi connectivity index (χ2n) is 4.74. The summed E-state index contributed by atoms with van der Waals surface area (Å²) in [4.78, 5) is 23.4. The van der Waals surface area contributed by atoms with Crippen LogP contribution in [0.3, 0.4) is 0 Å². The SMILES string of the molecule is COc1ccc(OCCNC(=O)C(=O)Nc2cccc(Cl)c2)cc1. The molecule has 126 valence electrons. The standard InChI is InChI=1S/C17H17ClN2O4/c1-23-14-5-7-15(8-6-14)24-10-9-19-16(21)17(22)20-13-4-2-3-12(18)11-13/h2-8,11H,9-10H2,1H3,(H,19,21)(H,20,22). The first-order chi connectivity index (χ1) is 11.6. The molecule has 0 aliphatic carbocycles. The molecule has 0 spiro atoms. The maximum Gasteiger partial charge on any atom is 0.313 e. The smallest absolute Gasteiger partial charge is 0.313 e. The first kappa shape index (κ1) is 17.6. The lowest BCUT2D eigenvalue weighted by Crippen LogP contribution is -2.37. The molecule has 2 aromatic carbocycles. The van der Waals surface area contributed by atoms with Crippen LogP contribution in [0.25, 0.3) is 0 Å². The Kier molecular flexibility index (Phi) is 6.45. The third-order valence-corrected chi connectivity index (χ3v) is 3.24. The summed E-state index contributed by atoms with van der Waals surface area (Å²) in [7, 11) is 1.58. The fourth-order valence-corrected chi connectivity index (χ4v) is 2.03. The van der Waals surface area contributed by atoms with E-state index in [0.717, 1.165) is 5.75 Å². The highest BCUT2D eigenvalue weighted by molar-refractivity contribution is 6.39. The van der Waals surface area contributed by atoms with Crippen LogP contribution in [0, 0.1) is 0 Å². The number of methoxy groups -OCH3 is 1. The third kappa shape index (κ3) is 5.48. The molecular weight excluding hydrogens is 332 g/mol. The number of benzene rings is 2. The Hall–Kier alpha value is -2.73. The van der Waals surface area contributed by atoms with Gasteiger partial charge < -0.3 is 20.1 Å². The average Bonchev–Trinajstić information content (AvgIpc) is 2.59. The van der Waals surface area contributed by atoms with Gasteiger partial charge in [0, 0.05) is 10.7 Å². The highest BCUT2D eigenvalue weighted by Crippen LogP contribution is 2.16. The lowest BCUT2D eigenvalue weighted by atomic mass is 10.3. The van der Waals surface area contributed by atoms with Crippen LogP contribution >= 0.6 is 11.6 Å². The summed E-state index contributed by atoms with van der Waals surface area (Å²) in [6.07, 6.45) is 0. The van der Waals surface area contributed by atoms with Gasteiger partial charge in [-0.05, 0) is 42.5 Å². The number of hydrogen-bond acceptors (Lipinski definition) is 4. The van der Waals surface area contributed by atoms with E-state index in [-0.39, 0.29) is 13.2 Å². The van der Waals surface area contributed by atoms with Crippen molar-refractivity contribution >= 4 is 29.1 Å². The molecule has 0 saturated carbocycles. The van der Waals surface area contributed by atoms with Crippen molar-refractivity contribution in [2.24, 2.45) is 0 Å². The molecule has 2 amide bonds. The Morgan fingerprint density at radius 1 is 1.04 bits per heavy atom. The first-order valence-electron chi connectivity index (χ1n) is 7.20. The fraction of sp³-hybridized carbons (Fsp3) is 0.176. The van der Waals surface area contributed by atoms with Crippen molar-refractivity contribution in [2.75, 3.05) is 25.6 Å². The van der Waals surface area contributed by atoms with Crippen LogP contribution in [-0.4, -0.2) is 32.1 Å². The molecule has 6 nitrogen and oxygen atoms in total. The van der Waals surface area contributed by atoms with Crippen molar-refractivity contribution in [3.63, 3.8) is 0 Å². The zero-order chi connectivity index (χ0) is 17.4. The van der Waals surface area contributed by atoms with Crippen LogP contribution in [-0.2, 0) is 9.59 Å². The van der Waals surface area contributed by atoms with Crippen molar-refractivity contribution < 1.29 is 19.1 Å². The number of carbonyl (C=O) groups is 2. The molecule has 0 atom stereocenters. The molecule has 0 aromatic heterocycles. The summed E-state index contributed by atoms with van der Waals surface area (Å²) in [6.45, 7) is 0.441. The number of hydrogen-bond donors (Lipinski definition) is 2. The fourth-order valence-electron chi connectivity index (χ4n) is 1.84. The van der Waals surface area contributed by atoms with Gasteiger partial charge in [0.05, 0.1) is 13.7 Å². The van der Waals surface area contributed by atoms with Gasteiger partial charge in [-0.3, -0.25) is 9.59 Å². The van der Waals surface area contributed by atoms with Crippen molar-refractivity contribution in [3.8, 4) is 11.5 Å². The van der Waals surface area contributed by atoms with E-state index in [1.54, 1.807) is 55.6 Å². The molecule has 0 aliphatic rings. The Bertz CT molecular complexity index is 704. The molecule has 2 aromatic rings. The van der Waals surface area contributed by atoms with Gasteiger partial charge in [-0.15, -0.1) is 0 Å². The topological polar surface area (TPSA) is 76.7 Å². The predicted octanol–water partition coefficient (Wildman–Crippen LogP) is 2.48. The van der Waals surface area contributed by atoms with Crippen LogP contribution in [0.15, 0.2) is 48.5 Å². The Morgan fingerprint density at radius 2 is 1.75 bits per heavy atom. The molecule has 2 rings (SSSR count). The molecule has 7 heteroatoms. The minimum Gasteiger partial charge on any atom is -0.497 e. The first-order valence-corrected chi connectivity index (χ1v) is 7.58. The number of nitrogens with one attached hydrogen (secondary N) is 2. The molecule has 0 heterocycles. The number of carbonyl (C=O) groups excluding carboxylic acids is 2. The number of halogens is 1. The average molecular weight is 349 g/mol. The highest BCUT2D eigenvalue weighted by atomic mass is 35.5. The molecule has 0 unspecified atom stereocenters. The highest BCUT2D eigenvalue weighted by Gasteiger charge is 2.13. The summed E-state index contributed by atoms with van der Waals surface area (Å²) < 4.78 is 10.5. The van der Waals surface area contributed by atoms with E-state index >= 15 is 0 Å².